The lowest BCUT2D eigenvalue weighted by atomic mass is 10.2. The highest BCUT2D eigenvalue weighted by molar-refractivity contribution is 6.33. The Hall–Kier alpha value is -1.52. The average Bonchev–Trinajstić information content (AvgIpc) is 2.36. The molecule has 0 fully saturated rings. The van der Waals surface area contributed by atoms with Crippen LogP contribution < -0.4 is 0 Å². The summed E-state index contributed by atoms with van der Waals surface area (Å²) < 4.78 is 4.95. The second kappa shape index (κ2) is 7.03. The Morgan fingerprint density at radius 2 is 2.33 bits per heavy atom. The van der Waals surface area contributed by atoms with Gasteiger partial charge in [-0.05, 0) is 18.2 Å². The lowest BCUT2D eigenvalue weighted by Crippen LogP contribution is -2.34. The van der Waals surface area contributed by atoms with Crippen LogP contribution in [-0.2, 0) is 4.74 Å². The van der Waals surface area contributed by atoms with E-state index in [4.69, 9.17) is 16.3 Å². The Labute approximate surface area is 111 Å². The van der Waals surface area contributed by atoms with Crippen molar-refractivity contribution in [2.75, 3.05) is 26.8 Å². The Balaban J connectivity index is 2.93. The fourth-order valence-corrected chi connectivity index (χ4v) is 1.68. The van der Waals surface area contributed by atoms with Crippen LogP contribution in [-0.4, -0.2) is 42.7 Å². The molecule has 1 rings (SSSR count). The van der Waals surface area contributed by atoms with Gasteiger partial charge in [-0.2, -0.15) is 0 Å². The number of ether oxygens (including phenoxy) is 1. The van der Waals surface area contributed by atoms with Gasteiger partial charge in [0, 0.05) is 20.2 Å². The van der Waals surface area contributed by atoms with Gasteiger partial charge in [0.2, 0.25) is 0 Å². The zero-order valence-corrected chi connectivity index (χ0v) is 11.0. The third-order valence-electron chi connectivity index (χ3n) is 2.38. The zero-order chi connectivity index (χ0) is 13.5. The molecule has 0 aromatic heterocycles. The van der Waals surface area contributed by atoms with E-state index < -0.39 is 0 Å². The molecule has 1 amide bonds. The Bertz CT molecular complexity index is 434. The topological polar surface area (TPSA) is 49.8 Å². The number of hydrogen-bond donors (Lipinski definition) is 1. The minimum Gasteiger partial charge on any atom is -0.508 e. The summed E-state index contributed by atoms with van der Waals surface area (Å²) in [6, 6.07) is 4.28. The van der Waals surface area contributed by atoms with E-state index in [-0.39, 0.29) is 17.2 Å². The number of methoxy groups -OCH3 is 1. The highest BCUT2D eigenvalue weighted by atomic mass is 35.5. The van der Waals surface area contributed by atoms with E-state index in [0.717, 1.165) is 0 Å². The van der Waals surface area contributed by atoms with Crippen molar-refractivity contribution in [3.63, 3.8) is 0 Å². The van der Waals surface area contributed by atoms with Crippen LogP contribution in [0.5, 0.6) is 5.75 Å². The number of phenolic OH excluding ortho intramolecular Hbond substituents is 1. The quantitative estimate of drug-likeness (QED) is 0.807. The number of benzene rings is 1. The molecule has 0 aliphatic carbocycles. The van der Waals surface area contributed by atoms with E-state index in [0.29, 0.717) is 24.7 Å². The SMILES string of the molecule is C=CCN(CCOC)C(=O)c1cc(O)ccc1Cl. The summed E-state index contributed by atoms with van der Waals surface area (Å²) in [4.78, 5) is 13.8. The van der Waals surface area contributed by atoms with Crippen molar-refractivity contribution >= 4 is 17.5 Å². The predicted molar refractivity (Wildman–Crippen MR) is 71.1 cm³/mol. The standard InChI is InChI=1S/C13H16ClNO3/c1-3-6-15(7-8-18-2)13(17)11-9-10(16)4-5-12(11)14/h3-5,9,16H,1,6-8H2,2H3. The third kappa shape index (κ3) is 3.75. The molecule has 0 atom stereocenters. The number of hydrogen-bond acceptors (Lipinski definition) is 3. The molecule has 0 radical (unpaired) electrons. The molecule has 0 bridgehead atoms. The number of carbonyl (C=O) groups is 1. The molecular formula is C13H16ClNO3. The van der Waals surface area contributed by atoms with Crippen molar-refractivity contribution in [1.82, 2.24) is 4.90 Å². The van der Waals surface area contributed by atoms with Crippen LogP contribution in [0.15, 0.2) is 30.9 Å². The molecule has 1 N–H and O–H groups in total. The Kier molecular flexibility index (Phi) is 5.68. The number of nitrogens with zero attached hydrogens (tertiary/aromatic N) is 1. The minimum atomic E-state index is -0.257. The summed E-state index contributed by atoms with van der Waals surface area (Å²) in [5.41, 5.74) is 0.273. The average molecular weight is 270 g/mol. The van der Waals surface area contributed by atoms with Crippen LogP contribution >= 0.6 is 11.6 Å². The smallest absolute Gasteiger partial charge is 0.255 e. The van der Waals surface area contributed by atoms with Crippen LogP contribution in [0.2, 0.25) is 5.02 Å². The molecule has 1 aromatic rings. The summed E-state index contributed by atoms with van der Waals surface area (Å²) in [5, 5.41) is 9.71. The fraction of sp³-hybridized carbons (Fsp3) is 0.308. The molecule has 0 saturated heterocycles. The van der Waals surface area contributed by atoms with Gasteiger partial charge in [-0.25, -0.2) is 0 Å². The summed E-state index contributed by atoms with van der Waals surface area (Å²) in [5.74, 6) is -0.249. The van der Waals surface area contributed by atoms with Gasteiger partial charge in [0.25, 0.3) is 5.91 Å². The second-order valence-electron chi connectivity index (χ2n) is 3.70. The van der Waals surface area contributed by atoms with Gasteiger partial charge in [-0.1, -0.05) is 17.7 Å². The monoisotopic (exact) mass is 269 g/mol. The molecule has 98 valence electrons. The maximum absolute atomic E-state index is 12.2. The minimum absolute atomic E-state index is 0.00745. The number of amides is 1. The first-order valence-corrected chi connectivity index (χ1v) is 5.85. The van der Waals surface area contributed by atoms with Crippen molar-refractivity contribution in [2.45, 2.75) is 0 Å². The van der Waals surface area contributed by atoms with Crippen LogP contribution in [0.4, 0.5) is 0 Å². The van der Waals surface area contributed by atoms with E-state index >= 15 is 0 Å². The molecule has 0 heterocycles. The van der Waals surface area contributed by atoms with Gasteiger partial charge in [0.15, 0.2) is 0 Å². The molecule has 0 aliphatic heterocycles. The van der Waals surface area contributed by atoms with E-state index in [9.17, 15) is 9.90 Å². The van der Waals surface area contributed by atoms with Gasteiger partial charge in [0.05, 0.1) is 17.2 Å². The van der Waals surface area contributed by atoms with Crippen molar-refractivity contribution in [3.05, 3.63) is 41.4 Å². The summed E-state index contributed by atoms with van der Waals surface area (Å²) in [7, 11) is 1.57. The first-order chi connectivity index (χ1) is 8.60. The molecule has 0 aliphatic rings. The third-order valence-corrected chi connectivity index (χ3v) is 2.71. The number of halogens is 1. The van der Waals surface area contributed by atoms with Crippen molar-refractivity contribution in [3.8, 4) is 5.75 Å². The second-order valence-corrected chi connectivity index (χ2v) is 4.10. The molecule has 0 unspecified atom stereocenters. The van der Waals surface area contributed by atoms with Gasteiger partial charge in [0.1, 0.15) is 5.75 Å². The van der Waals surface area contributed by atoms with Crippen LogP contribution in [0.3, 0.4) is 0 Å². The normalized spacial score (nSPS) is 10.1. The molecule has 0 saturated carbocycles. The van der Waals surface area contributed by atoms with Crippen molar-refractivity contribution in [2.24, 2.45) is 0 Å². The predicted octanol–water partition coefficient (Wildman–Crippen LogP) is 2.32. The van der Waals surface area contributed by atoms with E-state index in [1.165, 1.54) is 18.2 Å². The van der Waals surface area contributed by atoms with Gasteiger partial charge in [-0.3, -0.25) is 4.79 Å². The number of rotatable bonds is 6. The number of phenols is 1. The Morgan fingerprint density at radius 3 is 2.94 bits per heavy atom. The van der Waals surface area contributed by atoms with Gasteiger partial charge < -0.3 is 14.7 Å². The molecule has 0 spiro atoms. The number of carbonyl (C=O) groups excluding carboxylic acids is 1. The van der Waals surface area contributed by atoms with Crippen LogP contribution in [0.1, 0.15) is 10.4 Å². The summed E-state index contributed by atoms with van der Waals surface area (Å²) in [6.07, 6.45) is 1.63. The summed E-state index contributed by atoms with van der Waals surface area (Å²) in [6.45, 7) is 4.87. The Morgan fingerprint density at radius 1 is 1.61 bits per heavy atom. The molecular weight excluding hydrogens is 254 g/mol. The van der Waals surface area contributed by atoms with Crippen molar-refractivity contribution in [1.29, 1.82) is 0 Å². The van der Waals surface area contributed by atoms with Gasteiger partial charge in [-0.15, -0.1) is 6.58 Å². The highest BCUT2D eigenvalue weighted by Gasteiger charge is 2.17. The number of aromatic hydroxyl groups is 1. The summed E-state index contributed by atoms with van der Waals surface area (Å²) >= 11 is 5.95. The van der Waals surface area contributed by atoms with E-state index in [1.807, 2.05) is 0 Å². The first-order valence-electron chi connectivity index (χ1n) is 5.47. The maximum atomic E-state index is 12.2. The largest absolute Gasteiger partial charge is 0.508 e. The van der Waals surface area contributed by atoms with Crippen LogP contribution in [0.25, 0.3) is 0 Å². The maximum Gasteiger partial charge on any atom is 0.255 e. The lowest BCUT2D eigenvalue weighted by molar-refractivity contribution is 0.0718. The lowest BCUT2D eigenvalue weighted by Gasteiger charge is -2.21. The zero-order valence-electron chi connectivity index (χ0n) is 10.2. The van der Waals surface area contributed by atoms with Crippen LogP contribution in [0, 0.1) is 0 Å². The van der Waals surface area contributed by atoms with Gasteiger partial charge >= 0.3 is 0 Å². The molecule has 1 aromatic carbocycles. The molecule has 4 nitrogen and oxygen atoms in total. The fourth-order valence-electron chi connectivity index (χ4n) is 1.48. The van der Waals surface area contributed by atoms with E-state index in [1.54, 1.807) is 18.1 Å². The van der Waals surface area contributed by atoms with Crippen molar-refractivity contribution < 1.29 is 14.6 Å². The molecule has 18 heavy (non-hydrogen) atoms. The highest BCUT2D eigenvalue weighted by Crippen LogP contribution is 2.22. The first kappa shape index (κ1) is 14.5. The van der Waals surface area contributed by atoms with E-state index in [2.05, 4.69) is 6.58 Å². The molecule has 5 heteroatoms.